The van der Waals surface area contributed by atoms with Crippen LogP contribution in [0.2, 0.25) is 0 Å². The van der Waals surface area contributed by atoms with E-state index in [0.717, 1.165) is 29.3 Å². The molecule has 3 rings (SSSR count). The second-order valence-electron chi connectivity index (χ2n) is 7.04. The third kappa shape index (κ3) is 5.45. The summed E-state index contributed by atoms with van der Waals surface area (Å²) in [6.07, 6.45) is 3.35. The normalized spacial score (nSPS) is 16.2. The van der Waals surface area contributed by atoms with E-state index in [0.29, 0.717) is 36.0 Å². The quantitative estimate of drug-likeness (QED) is 0.494. The molecule has 2 amide bonds. The molecule has 0 aromatic heterocycles. The minimum atomic E-state index is -0.251. The lowest BCUT2D eigenvalue weighted by atomic mass is 10.1. The summed E-state index contributed by atoms with van der Waals surface area (Å²) < 4.78 is 11.6. The first kappa shape index (κ1) is 22.0. The van der Waals surface area contributed by atoms with Crippen LogP contribution in [0.1, 0.15) is 38.3 Å². The molecule has 1 saturated heterocycles. The van der Waals surface area contributed by atoms with Crippen LogP contribution < -0.4 is 9.47 Å². The van der Waals surface area contributed by atoms with Crippen molar-refractivity contribution < 1.29 is 19.1 Å². The lowest BCUT2D eigenvalue weighted by molar-refractivity contribution is -0.122. The van der Waals surface area contributed by atoms with Gasteiger partial charge >= 0.3 is 0 Å². The highest BCUT2D eigenvalue weighted by Gasteiger charge is 2.34. The summed E-state index contributed by atoms with van der Waals surface area (Å²) in [6, 6.07) is 15.4. The Kier molecular flexibility index (Phi) is 7.57. The van der Waals surface area contributed by atoms with Gasteiger partial charge in [0.25, 0.3) is 11.1 Å². The maximum atomic E-state index is 12.8. The molecule has 2 aromatic rings. The van der Waals surface area contributed by atoms with Crippen LogP contribution in [0.25, 0.3) is 6.08 Å². The van der Waals surface area contributed by atoms with Crippen LogP contribution in [0.4, 0.5) is 4.79 Å². The van der Waals surface area contributed by atoms with E-state index >= 15 is 0 Å². The van der Waals surface area contributed by atoms with Crippen LogP contribution in [-0.4, -0.2) is 35.3 Å². The molecular formula is C24H27NO4S. The smallest absolute Gasteiger partial charge is 0.293 e. The van der Waals surface area contributed by atoms with Crippen LogP contribution in [0.15, 0.2) is 53.4 Å². The fraction of sp³-hybridized carbons (Fsp3) is 0.333. The number of carbonyl (C=O) groups excluding carboxylic acids is 2. The number of imide groups is 1. The lowest BCUT2D eigenvalue weighted by Crippen LogP contribution is -2.30. The Morgan fingerprint density at radius 2 is 1.83 bits per heavy atom. The summed E-state index contributed by atoms with van der Waals surface area (Å²) in [6.45, 7) is 6.87. The monoisotopic (exact) mass is 425 g/mol. The van der Waals surface area contributed by atoms with Crippen LogP contribution >= 0.6 is 11.8 Å². The average molecular weight is 426 g/mol. The highest BCUT2D eigenvalue weighted by atomic mass is 32.2. The molecule has 0 unspecified atom stereocenters. The van der Waals surface area contributed by atoms with Gasteiger partial charge in [-0.3, -0.25) is 14.5 Å². The number of carbonyl (C=O) groups is 2. The van der Waals surface area contributed by atoms with E-state index < -0.39 is 0 Å². The van der Waals surface area contributed by atoms with E-state index in [9.17, 15) is 9.59 Å². The number of amides is 2. The number of hydrogen-bond donors (Lipinski definition) is 0. The molecule has 0 aliphatic carbocycles. The summed E-state index contributed by atoms with van der Waals surface area (Å²) >= 11 is 0.976. The van der Waals surface area contributed by atoms with Crippen LogP contribution in [0.3, 0.4) is 0 Å². The fourth-order valence-corrected chi connectivity index (χ4v) is 3.87. The average Bonchev–Trinajstić information content (AvgIpc) is 3.01. The van der Waals surface area contributed by atoms with Crippen molar-refractivity contribution in [2.45, 2.75) is 39.7 Å². The molecular weight excluding hydrogens is 398 g/mol. The van der Waals surface area contributed by atoms with Gasteiger partial charge in [0.05, 0.1) is 17.6 Å². The summed E-state index contributed by atoms with van der Waals surface area (Å²) in [5, 5.41) is -0.232. The van der Waals surface area contributed by atoms with Crippen molar-refractivity contribution in [3.8, 4) is 11.5 Å². The van der Waals surface area contributed by atoms with Gasteiger partial charge < -0.3 is 9.47 Å². The van der Waals surface area contributed by atoms with Crippen molar-refractivity contribution in [2.75, 3.05) is 13.2 Å². The minimum Gasteiger partial charge on any atom is -0.490 e. The molecule has 1 aliphatic rings. The van der Waals surface area contributed by atoms with Crippen LogP contribution in [0.5, 0.6) is 11.5 Å². The first-order valence-electron chi connectivity index (χ1n) is 10.2. The van der Waals surface area contributed by atoms with E-state index in [1.807, 2.05) is 62.4 Å². The van der Waals surface area contributed by atoms with Gasteiger partial charge in [-0.05, 0) is 67.8 Å². The lowest BCUT2D eigenvalue weighted by Gasteiger charge is -2.16. The molecule has 0 saturated carbocycles. The molecule has 1 atom stereocenters. The second-order valence-corrected chi connectivity index (χ2v) is 8.04. The molecule has 6 heteroatoms. The van der Waals surface area contributed by atoms with Gasteiger partial charge in [-0.15, -0.1) is 0 Å². The zero-order valence-corrected chi connectivity index (χ0v) is 18.4. The maximum absolute atomic E-state index is 12.8. The van der Waals surface area contributed by atoms with Gasteiger partial charge in [0, 0.05) is 6.54 Å². The largest absolute Gasteiger partial charge is 0.490 e. The van der Waals surface area contributed by atoms with Crippen LogP contribution in [0, 0.1) is 0 Å². The van der Waals surface area contributed by atoms with Gasteiger partial charge in [-0.1, -0.05) is 43.3 Å². The number of ether oxygens (including phenoxy) is 2. The number of hydrogen-bond acceptors (Lipinski definition) is 5. The van der Waals surface area contributed by atoms with Crippen molar-refractivity contribution in [2.24, 2.45) is 0 Å². The number of thioether (sulfide) groups is 1. The van der Waals surface area contributed by atoms with Gasteiger partial charge in [0.1, 0.15) is 0 Å². The number of nitrogens with zero attached hydrogens (tertiary/aromatic N) is 1. The molecule has 0 radical (unpaired) electrons. The van der Waals surface area contributed by atoms with Gasteiger partial charge in [-0.2, -0.15) is 0 Å². The van der Waals surface area contributed by atoms with Crippen molar-refractivity contribution in [3.05, 3.63) is 64.6 Å². The SMILES string of the molecule is CCOc1cc(/C=C2/SC(=O)N(CCc3ccccc3)C2=O)ccc1O[C@@H](C)CC. The summed E-state index contributed by atoms with van der Waals surface area (Å²) in [4.78, 5) is 26.9. The Labute approximate surface area is 182 Å². The Morgan fingerprint density at radius 3 is 2.53 bits per heavy atom. The standard InChI is InChI=1S/C24H27NO4S/c1-4-17(3)29-20-12-11-19(15-21(20)28-5-2)16-22-23(26)25(24(27)30-22)14-13-18-9-7-6-8-10-18/h6-12,15-17H,4-5,13-14H2,1-3H3/b22-16+/t17-/m0/s1. The molecule has 0 bridgehead atoms. The molecule has 1 heterocycles. The van der Waals surface area contributed by atoms with Crippen LogP contribution in [-0.2, 0) is 11.2 Å². The first-order chi connectivity index (χ1) is 14.5. The van der Waals surface area contributed by atoms with Crippen molar-refractivity contribution in [3.63, 3.8) is 0 Å². The van der Waals surface area contributed by atoms with Crippen molar-refractivity contribution in [1.82, 2.24) is 4.90 Å². The number of rotatable bonds is 9. The third-order valence-corrected chi connectivity index (χ3v) is 5.72. The summed E-state index contributed by atoms with van der Waals surface area (Å²) in [5.74, 6) is 1.06. The zero-order chi connectivity index (χ0) is 21.5. The minimum absolute atomic E-state index is 0.0798. The Bertz CT molecular complexity index is 926. The molecule has 1 aliphatic heterocycles. The highest BCUT2D eigenvalue weighted by Crippen LogP contribution is 2.35. The van der Waals surface area contributed by atoms with E-state index in [1.165, 1.54) is 4.90 Å². The Balaban J connectivity index is 1.74. The zero-order valence-electron chi connectivity index (χ0n) is 17.6. The molecule has 0 spiro atoms. The van der Waals surface area contributed by atoms with Gasteiger partial charge in [-0.25, -0.2) is 0 Å². The maximum Gasteiger partial charge on any atom is 0.293 e. The molecule has 158 valence electrons. The van der Waals surface area contributed by atoms with Gasteiger partial charge in [0.15, 0.2) is 11.5 Å². The predicted molar refractivity (Wildman–Crippen MR) is 121 cm³/mol. The molecule has 30 heavy (non-hydrogen) atoms. The summed E-state index contributed by atoms with van der Waals surface area (Å²) in [5.41, 5.74) is 1.89. The Morgan fingerprint density at radius 1 is 1.07 bits per heavy atom. The number of benzene rings is 2. The molecule has 5 nitrogen and oxygen atoms in total. The predicted octanol–water partition coefficient (Wildman–Crippen LogP) is 5.54. The van der Waals surface area contributed by atoms with E-state index in [2.05, 4.69) is 6.92 Å². The molecule has 0 N–H and O–H groups in total. The molecule has 1 fully saturated rings. The topological polar surface area (TPSA) is 55.8 Å². The van der Waals surface area contributed by atoms with Crippen molar-refractivity contribution >= 4 is 29.0 Å². The fourth-order valence-electron chi connectivity index (χ4n) is 3.01. The third-order valence-electron chi connectivity index (χ3n) is 4.81. The first-order valence-corrected chi connectivity index (χ1v) is 11.1. The second kappa shape index (κ2) is 10.3. The van der Waals surface area contributed by atoms with E-state index in [1.54, 1.807) is 6.08 Å². The Hall–Kier alpha value is -2.73. The van der Waals surface area contributed by atoms with Crippen molar-refractivity contribution in [1.29, 1.82) is 0 Å². The van der Waals surface area contributed by atoms with E-state index in [4.69, 9.17) is 9.47 Å². The summed E-state index contributed by atoms with van der Waals surface area (Å²) in [7, 11) is 0. The highest BCUT2D eigenvalue weighted by molar-refractivity contribution is 8.18. The molecule has 2 aromatic carbocycles. The van der Waals surface area contributed by atoms with E-state index in [-0.39, 0.29) is 17.3 Å². The van der Waals surface area contributed by atoms with Gasteiger partial charge in [0.2, 0.25) is 0 Å².